The minimum Gasteiger partial charge on any atom is -0.327 e. The first-order valence-electron chi connectivity index (χ1n) is 6.87. The molecule has 2 aliphatic carbocycles. The summed E-state index contributed by atoms with van der Waals surface area (Å²) in [5.41, 5.74) is 8.68. The molecule has 0 aromatic heterocycles. The van der Waals surface area contributed by atoms with Gasteiger partial charge >= 0.3 is 6.18 Å². The average Bonchev–Trinajstić information content (AvgIpc) is 3.10. The van der Waals surface area contributed by atoms with Gasteiger partial charge in [0.15, 0.2) is 0 Å². The number of aryl methyl sites for hydroxylation is 1. The molecule has 1 aromatic carbocycles. The first kappa shape index (κ1) is 13.0. The van der Waals surface area contributed by atoms with Gasteiger partial charge in [0, 0.05) is 12.5 Å². The summed E-state index contributed by atoms with van der Waals surface area (Å²) < 4.78 is 36.8. The fourth-order valence-corrected chi connectivity index (χ4v) is 3.73. The van der Waals surface area contributed by atoms with Crippen LogP contribution in [-0.2, 0) is 6.42 Å². The van der Waals surface area contributed by atoms with Crippen LogP contribution in [0.15, 0.2) is 24.3 Å². The van der Waals surface area contributed by atoms with Crippen LogP contribution in [0.4, 0.5) is 13.2 Å². The molecule has 0 aliphatic heterocycles. The van der Waals surface area contributed by atoms with Crippen LogP contribution in [0.3, 0.4) is 0 Å². The minimum absolute atomic E-state index is 0.0589. The molecule has 0 saturated heterocycles. The monoisotopic (exact) mass is 269 g/mol. The van der Waals surface area contributed by atoms with Gasteiger partial charge in [0.25, 0.3) is 0 Å². The second-order valence-corrected chi connectivity index (χ2v) is 5.82. The summed E-state index contributed by atoms with van der Waals surface area (Å²) >= 11 is 0. The summed E-state index contributed by atoms with van der Waals surface area (Å²) in [7, 11) is 0. The normalized spacial score (nSPS) is 30.4. The molecule has 0 spiro atoms. The van der Waals surface area contributed by atoms with Gasteiger partial charge in [-0.25, -0.2) is 0 Å². The Balaban J connectivity index is 1.67. The molecule has 104 valence electrons. The smallest absolute Gasteiger partial charge is 0.327 e. The van der Waals surface area contributed by atoms with E-state index in [0.717, 1.165) is 12.8 Å². The van der Waals surface area contributed by atoms with Gasteiger partial charge in [0.2, 0.25) is 0 Å². The Morgan fingerprint density at radius 1 is 1.26 bits per heavy atom. The number of rotatable bonds is 3. The molecule has 19 heavy (non-hydrogen) atoms. The Bertz CT molecular complexity index is 469. The predicted molar refractivity (Wildman–Crippen MR) is 67.7 cm³/mol. The van der Waals surface area contributed by atoms with Crippen molar-refractivity contribution in [1.82, 2.24) is 0 Å². The average molecular weight is 269 g/mol. The predicted octanol–water partition coefficient (Wildman–Crippen LogP) is 3.63. The molecule has 3 rings (SSSR count). The van der Waals surface area contributed by atoms with Crippen LogP contribution in [0.2, 0.25) is 0 Å². The lowest BCUT2D eigenvalue weighted by molar-refractivity contribution is -0.136. The first-order valence-corrected chi connectivity index (χ1v) is 6.87. The Morgan fingerprint density at radius 3 is 2.74 bits per heavy atom. The van der Waals surface area contributed by atoms with Gasteiger partial charge in [-0.05, 0) is 48.1 Å². The van der Waals surface area contributed by atoms with Crippen LogP contribution < -0.4 is 5.73 Å². The van der Waals surface area contributed by atoms with Crippen molar-refractivity contribution in [3.8, 4) is 0 Å². The fourth-order valence-electron chi connectivity index (χ4n) is 3.73. The Labute approximate surface area is 111 Å². The molecule has 4 atom stereocenters. The Kier molecular flexibility index (Phi) is 3.08. The molecule has 1 saturated carbocycles. The number of alkyl halides is 3. The van der Waals surface area contributed by atoms with E-state index in [-0.39, 0.29) is 18.4 Å². The molecule has 0 heterocycles. The van der Waals surface area contributed by atoms with Crippen LogP contribution in [0, 0.1) is 11.8 Å². The SMILES string of the molecule is NC(CCC(F)(F)F)C1C2CCc3ccccc3C21. The second kappa shape index (κ2) is 4.51. The zero-order valence-electron chi connectivity index (χ0n) is 10.7. The molecule has 4 heteroatoms. The summed E-state index contributed by atoms with van der Waals surface area (Å²) in [6.45, 7) is 0. The highest BCUT2D eigenvalue weighted by atomic mass is 19.4. The molecular weight excluding hydrogens is 251 g/mol. The summed E-state index contributed by atoms with van der Waals surface area (Å²) in [6, 6.07) is 7.96. The van der Waals surface area contributed by atoms with Gasteiger partial charge in [-0.2, -0.15) is 13.2 Å². The Hall–Kier alpha value is -1.03. The third kappa shape index (κ3) is 2.50. The molecular formula is C15H18F3N. The minimum atomic E-state index is -4.09. The molecule has 1 aromatic rings. The lowest BCUT2D eigenvalue weighted by Gasteiger charge is -2.14. The van der Waals surface area contributed by atoms with Crippen LogP contribution in [0.25, 0.3) is 0 Å². The molecule has 0 amide bonds. The lowest BCUT2D eigenvalue weighted by atomic mass is 9.92. The topological polar surface area (TPSA) is 26.0 Å². The summed E-state index contributed by atoms with van der Waals surface area (Å²) in [5, 5.41) is 0. The number of hydrogen-bond acceptors (Lipinski definition) is 1. The molecule has 4 unspecified atom stereocenters. The van der Waals surface area contributed by atoms with Crippen molar-refractivity contribution in [3.63, 3.8) is 0 Å². The van der Waals surface area contributed by atoms with E-state index in [1.54, 1.807) is 0 Å². The lowest BCUT2D eigenvalue weighted by Crippen LogP contribution is -2.26. The van der Waals surface area contributed by atoms with Gasteiger partial charge in [-0.15, -0.1) is 0 Å². The van der Waals surface area contributed by atoms with Crippen molar-refractivity contribution in [2.75, 3.05) is 0 Å². The highest BCUT2D eigenvalue weighted by molar-refractivity contribution is 5.39. The third-order valence-corrected chi connectivity index (χ3v) is 4.65. The molecule has 0 bridgehead atoms. The zero-order valence-corrected chi connectivity index (χ0v) is 10.7. The van der Waals surface area contributed by atoms with E-state index in [4.69, 9.17) is 5.73 Å². The Morgan fingerprint density at radius 2 is 2.00 bits per heavy atom. The van der Waals surface area contributed by atoms with Crippen molar-refractivity contribution in [3.05, 3.63) is 35.4 Å². The van der Waals surface area contributed by atoms with Gasteiger partial charge < -0.3 is 5.73 Å². The molecule has 1 fully saturated rings. The number of hydrogen-bond donors (Lipinski definition) is 1. The van der Waals surface area contributed by atoms with Crippen LogP contribution >= 0.6 is 0 Å². The summed E-state index contributed by atoms with van der Waals surface area (Å²) in [6.07, 6.45) is -2.67. The number of fused-ring (bicyclic) bond motifs is 3. The molecule has 2 N–H and O–H groups in total. The van der Waals surface area contributed by atoms with Gasteiger partial charge in [-0.1, -0.05) is 24.3 Å². The van der Waals surface area contributed by atoms with Crippen molar-refractivity contribution < 1.29 is 13.2 Å². The zero-order chi connectivity index (χ0) is 13.6. The van der Waals surface area contributed by atoms with Crippen LogP contribution in [0.1, 0.15) is 36.3 Å². The maximum atomic E-state index is 12.3. The number of halogens is 3. The highest BCUT2D eigenvalue weighted by Gasteiger charge is 2.55. The van der Waals surface area contributed by atoms with Crippen molar-refractivity contribution >= 4 is 0 Å². The summed E-state index contributed by atoms with van der Waals surface area (Å²) in [5.74, 6) is 1.18. The second-order valence-electron chi connectivity index (χ2n) is 5.82. The van der Waals surface area contributed by atoms with E-state index in [1.807, 2.05) is 12.1 Å². The fraction of sp³-hybridized carbons (Fsp3) is 0.600. The standard InChI is InChI=1S/C15H18F3N/c16-15(17,18)8-7-12(19)14-11-6-5-9-3-1-2-4-10(9)13(11)14/h1-4,11-14H,5-8,19H2. The van der Waals surface area contributed by atoms with Gasteiger partial charge in [0.1, 0.15) is 0 Å². The highest BCUT2D eigenvalue weighted by Crippen LogP contribution is 2.61. The van der Waals surface area contributed by atoms with Crippen LogP contribution in [-0.4, -0.2) is 12.2 Å². The quantitative estimate of drug-likeness (QED) is 0.891. The van der Waals surface area contributed by atoms with Crippen molar-refractivity contribution in [2.24, 2.45) is 17.6 Å². The van der Waals surface area contributed by atoms with Crippen molar-refractivity contribution in [1.29, 1.82) is 0 Å². The van der Waals surface area contributed by atoms with Crippen molar-refractivity contribution in [2.45, 2.75) is 43.8 Å². The molecule has 1 nitrogen and oxygen atoms in total. The maximum Gasteiger partial charge on any atom is 0.389 e. The van der Waals surface area contributed by atoms with Crippen LogP contribution in [0.5, 0.6) is 0 Å². The van der Waals surface area contributed by atoms with E-state index in [9.17, 15) is 13.2 Å². The number of nitrogens with two attached hydrogens (primary N) is 1. The van der Waals surface area contributed by atoms with E-state index < -0.39 is 12.6 Å². The van der Waals surface area contributed by atoms with E-state index in [1.165, 1.54) is 11.1 Å². The third-order valence-electron chi connectivity index (χ3n) is 4.65. The van der Waals surface area contributed by atoms with E-state index >= 15 is 0 Å². The number of benzene rings is 1. The summed E-state index contributed by atoms with van der Waals surface area (Å²) in [4.78, 5) is 0. The molecule has 2 aliphatic rings. The van der Waals surface area contributed by atoms with Gasteiger partial charge in [-0.3, -0.25) is 0 Å². The maximum absolute atomic E-state index is 12.3. The van der Waals surface area contributed by atoms with E-state index in [2.05, 4.69) is 12.1 Å². The first-order chi connectivity index (χ1) is 8.97. The van der Waals surface area contributed by atoms with E-state index in [0.29, 0.717) is 11.8 Å². The van der Waals surface area contributed by atoms with Gasteiger partial charge in [0.05, 0.1) is 0 Å². The molecule has 0 radical (unpaired) electrons. The largest absolute Gasteiger partial charge is 0.389 e.